The minimum Gasteiger partial charge on any atom is -0.508 e. The molecule has 5 aromatic rings. The van der Waals surface area contributed by atoms with Crippen LogP contribution in [0.25, 0.3) is 32.9 Å². The van der Waals surface area contributed by atoms with Gasteiger partial charge in [0.1, 0.15) is 34.3 Å². The van der Waals surface area contributed by atoms with Gasteiger partial charge in [0.25, 0.3) is 0 Å². The Morgan fingerprint density at radius 3 is 2.35 bits per heavy atom. The van der Waals surface area contributed by atoms with Crippen LogP contribution >= 0.6 is 0 Å². The van der Waals surface area contributed by atoms with Crippen LogP contribution in [0.3, 0.4) is 0 Å². The van der Waals surface area contributed by atoms with Crippen molar-refractivity contribution in [3.8, 4) is 23.0 Å². The molecule has 2 aromatic heterocycles. The Hall–Kier alpha value is -6.21. The Labute approximate surface area is 466 Å². The summed E-state index contributed by atoms with van der Waals surface area (Å²) in [7, 11) is 1.98. The highest BCUT2D eigenvalue weighted by atomic mass is 19.1. The Morgan fingerprint density at radius 1 is 0.900 bits per heavy atom. The van der Waals surface area contributed by atoms with Gasteiger partial charge in [0.15, 0.2) is 5.82 Å². The number of anilines is 1. The van der Waals surface area contributed by atoms with Crippen molar-refractivity contribution < 1.29 is 38.3 Å². The number of fused-ring (bicyclic) bond motifs is 4. The summed E-state index contributed by atoms with van der Waals surface area (Å²) >= 11 is 0. The fourth-order valence-electron chi connectivity index (χ4n) is 15.2. The number of quaternary nitrogens is 1. The van der Waals surface area contributed by atoms with Gasteiger partial charge in [-0.05, 0) is 174 Å². The average Bonchev–Trinajstić information content (AvgIpc) is 4.21. The van der Waals surface area contributed by atoms with Crippen molar-refractivity contribution in [2.75, 3.05) is 77.5 Å². The van der Waals surface area contributed by atoms with E-state index < -0.39 is 17.6 Å². The maximum absolute atomic E-state index is 17.2. The SMILES string of the molecule is CCc1c(F)ccc2cc(O)cc(-c3ncc4c(N5CC6CCC(C5)N6)nc(OCC5(CN6CCC(C(=O)N7CCC8(CC7)CC(N7CCC(c9ccc(C(=N)C%10CCC(=O)NC%10=O)c([NH2+]C)c9)CC7)C8)CC6)CC5)nc4c3F)c12. The number of benzene rings is 3. The molecule has 2 aliphatic carbocycles. The van der Waals surface area contributed by atoms with Gasteiger partial charge >= 0.3 is 6.01 Å². The van der Waals surface area contributed by atoms with Crippen LogP contribution in [0.1, 0.15) is 119 Å². The Morgan fingerprint density at radius 2 is 1.65 bits per heavy atom. The van der Waals surface area contributed by atoms with Crippen LogP contribution in [0.15, 0.2) is 48.7 Å². The normalized spacial score (nSPS) is 24.6. The molecule has 3 atom stereocenters. The number of piperazine rings is 1. The first-order valence-electron chi connectivity index (χ1n) is 29.8. The zero-order valence-electron chi connectivity index (χ0n) is 46.3. The summed E-state index contributed by atoms with van der Waals surface area (Å²) in [6.45, 7) is 10.1. The van der Waals surface area contributed by atoms with Crippen molar-refractivity contribution in [1.29, 1.82) is 5.41 Å². The third-order valence-electron chi connectivity index (χ3n) is 20.1. The Bertz CT molecular complexity index is 3250. The number of hydrogen-bond donors (Lipinski definition) is 5. The molecular formula is C62H76F2N11O5+. The van der Waals surface area contributed by atoms with Crippen LogP contribution in [0.4, 0.5) is 20.3 Å². The van der Waals surface area contributed by atoms with Crippen LogP contribution in [0.5, 0.6) is 11.8 Å². The highest BCUT2D eigenvalue weighted by molar-refractivity contribution is 6.17. The number of ether oxygens (including phenoxy) is 1. The molecule has 2 bridgehead atoms. The molecule has 3 unspecified atom stereocenters. The fourth-order valence-corrected chi connectivity index (χ4v) is 15.2. The number of hydrogen-bond acceptors (Lipinski definition) is 13. The number of aromatic hydroxyl groups is 1. The molecule has 422 valence electrons. The third-order valence-corrected chi connectivity index (χ3v) is 20.1. The van der Waals surface area contributed by atoms with E-state index in [1.165, 1.54) is 30.5 Å². The number of halogens is 2. The molecule has 3 aromatic carbocycles. The number of likely N-dealkylation sites (tertiary alicyclic amines) is 3. The van der Waals surface area contributed by atoms with E-state index >= 15 is 8.78 Å². The number of nitrogens with zero attached hydrogens (tertiary/aromatic N) is 7. The molecule has 8 heterocycles. The van der Waals surface area contributed by atoms with Gasteiger partial charge in [-0.2, -0.15) is 9.97 Å². The van der Waals surface area contributed by atoms with Crippen LogP contribution < -0.4 is 25.6 Å². The number of amides is 3. The number of carbonyl (C=O) groups excluding carboxylic acids is 3. The van der Waals surface area contributed by atoms with Crippen LogP contribution in [-0.2, 0) is 20.8 Å². The smallest absolute Gasteiger partial charge is 0.319 e. The van der Waals surface area contributed by atoms with E-state index in [1.807, 2.05) is 25.4 Å². The predicted molar refractivity (Wildman–Crippen MR) is 301 cm³/mol. The molecule has 18 heteroatoms. The van der Waals surface area contributed by atoms with Gasteiger partial charge in [0.05, 0.1) is 36.2 Å². The zero-order valence-corrected chi connectivity index (χ0v) is 46.3. The summed E-state index contributed by atoms with van der Waals surface area (Å²) in [5.41, 5.74) is 4.40. The number of imide groups is 1. The van der Waals surface area contributed by atoms with Crippen LogP contribution in [-0.4, -0.2) is 149 Å². The van der Waals surface area contributed by atoms with Gasteiger partial charge in [-0.3, -0.25) is 24.7 Å². The molecule has 2 saturated carbocycles. The molecule has 6 saturated heterocycles. The molecule has 6 N–H and O–H groups in total. The summed E-state index contributed by atoms with van der Waals surface area (Å²) < 4.78 is 39.0. The third kappa shape index (κ3) is 10.1. The van der Waals surface area contributed by atoms with Crippen molar-refractivity contribution >= 4 is 56.6 Å². The molecular weight excluding hydrogens is 1020 g/mol. The molecule has 8 aliphatic rings. The van der Waals surface area contributed by atoms with Gasteiger partial charge in [-0.1, -0.05) is 19.1 Å². The number of rotatable bonds is 14. The number of aryl methyl sites for hydroxylation is 1. The molecule has 3 amide bonds. The molecule has 16 nitrogen and oxygen atoms in total. The van der Waals surface area contributed by atoms with Gasteiger partial charge in [-0.25, -0.2) is 8.78 Å². The fraction of sp³-hybridized carbons (Fsp3) is 0.565. The molecule has 80 heavy (non-hydrogen) atoms. The quantitative estimate of drug-likeness (QED) is 0.0431. The summed E-state index contributed by atoms with van der Waals surface area (Å²) in [6, 6.07) is 13.7. The standard InChI is InChI=1S/C62H75F2N11O5/c1-3-44-49(63)10-5-39-26-43(76)28-47(52(39)44)55-53(64)56-48(31-67-55)57(75-32-40-6-7-41(33-75)68-40)71-60(70-56)80-35-62(16-17-62)34-72-20-12-37(13-21-72)59(79)74-24-18-61(19-25-74)29-42(30-61)73-22-14-36(15-23-73)38-4-8-45(50(27-38)66-2)54(65)46-9-11-51(77)69-58(46)78/h4-5,8,10,26-28,31,36-37,40-42,46,65-66,68,76H,3,6-7,9,11-25,29-30,32-35H2,1-2H3,(H,69,77,78)/p+1. The van der Waals surface area contributed by atoms with E-state index in [4.69, 9.17) is 20.1 Å². The first kappa shape index (κ1) is 53.1. The van der Waals surface area contributed by atoms with Gasteiger partial charge in [-0.15, -0.1) is 0 Å². The lowest BCUT2D eigenvalue weighted by Gasteiger charge is -2.56. The van der Waals surface area contributed by atoms with Crippen molar-refractivity contribution in [2.24, 2.45) is 22.7 Å². The lowest BCUT2D eigenvalue weighted by Crippen LogP contribution is -2.73. The molecule has 1 spiro atoms. The van der Waals surface area contributed by atoms with Crippen LogP contribution in [0, 0.1) is 39.7 Å². The predicted octanol–water partition coefficient (Wildman–Crippen LogP) is 7.10. The Kier molecular flexibility index (Phi) is 14.1. The number of phenols is 1. The van der Waals surface area contributed by atoms with E-state index in [0.29, 0.717) is 87.9 Å². The van der Waals surface area contributed by atoms with Crippen molar-refractivity contribution in [2.45, 2.75) is 127 Å². The van der Waals surface area contributed by atoms with Gasteiger partial charge < -0.3 is 45.5 Å². The first-order valence-corrected chi connectivity index (χ1v) is 29.8. The van der Waals surface area contributed by atoms with E-state index in [0.717, 1.165) is 134 Å². The van der Waals surface area contributed by atoms with Gasteiger partial charge in [0, 0.05) is 86.4 Å². The zero-order chi connectivity index (χ0) is 55.0. The number of carbonyl (C=O) groups is 3. The topological polar surface area (TPSA) is 197 Å². The summed E-state index contributed by atoms with van der Waals surface area (Å²) in [4.78, 5) is 62.3. The number of piperidine rings is 4. The monoisotopic (exact) mass is 1090 g/mol. The minimum absolute atomic E-state index is 0.0164. The van der Waals surface area contributed by atoms with E-state index in [2.05, 4.69) is 47.3 Å². The summed E-state index contributed by atoms with van der Waals surface area (Å²) in [5.74, 6) is -0.939. The van der Waals surface area contributed by atoms with Crippen LogP contribution in [0.2, 0.25) is 0 Å². The lowest BCUT2D eigenvalue weighted by atomic mass is 9.59. The number of pyridine rings is 1. The van der Waals surface area contributed by atoms with Crippen molar-refractivity contribution in [3.63, 3.8) is 0 Å². The first-order chi connectivity index (χ1) is 38.7. The highest BCUT2D eigenvalue weighted by Crippen LogP contribution is 2.52. The maximum atomic E-state index is 17.2. The van der Waals surface area contributed by atoms with Crippen molar-refractivity contribution in [1.82, 2.24) is 40.3 Å². The molecule has 13 rings (SSSR count). The molecule has 6 aliphatic heterocycles. The van der Waals surface area contributed by atoms with E-state index in [-0.39, 0.29) is 58.3 Å². The largest absolute Gasteiger partial charge is 0.508 e. The highest BCUT2D eigenvalue weighted by Gasteiger charge is 2.50. The average molecular weight is 1090 g/mol. The molecule has 0 radical (unpaired) electrons. The number of phenolic OH excluding ortho intramolecular Hbond substituents is 1. The second-order valence-electron chi connectivity index (χ2n) is 25.1. The number of nitrogens with one attached hydrogen (secondary N) is 3. The number of nitrogens with two attached hydrogens (primary N) is 1. The Balaban J connectivity index is 0.597. The lowest BCUT2D eigenvalue weighted by molar-refractivity contribution is -0.539. The van der Waals surface area contributed by atoms with E-state index in [9.17, 15) is 19.5 Å². The second-order valence-corrected chi connectivity index (χ2v) is 25.1. The van der Waals surface area contributed by atoms with Gasteiger partial charge in [0.2, 0.25) is 17.7 Å². The van der Waals surface area contributed by atoms with E-state index in [1.54, 1.807) is 18.3 Å². The maximum Gasteiger partial charge on any atom is 0.319 e. The van der Waals surface area contributed by atoms with Crippen molar-refractivity contribution in [3.05, 3.63) is 77.0 Å². The number of aromatic nitrogens is 3. The second kappa shape index (κ2) is 21.3. The minimum atomic E-state index is -0.670. The summed E-state index contributed by atoms with van der Waals surface area (Å²) in [6.07, 6.45) is 15.3. The summed E-state index contributed by atoms with van der Waals surface area (Å²) in [5, 5.41) is 29.3. The molecule has 8 fully saturated rings.